The molecular weight excluding hydrogens is 298 g/mol. The molecule has 4 heteroatoms. The molecule has 1 fully saturated rings. The first-order valence-corrected chi connectivity index (χ1v) is 7.64. The fraction of sp³-hybridized carbons (Fsp3) is 0.278. The lowest BCUT2D eigenvalue weighted by Gasteiger charge is -2.48. The molecule has 1 aliphatic heterocycles. The number of hydrogen-bond acceptors (Lipinski definition) is 3. The Morgan fingerprint density at radius 2 is 1.77 bits per heavy atom. The van der Waals surface area contributed by atoms with Crippen molar-refractivity contribution in [1.29, 1.82) is 0 Å². The predicted octanol–water partition coefficient (Wildman–Crippen LogP) is 4.00. The molecule has 1 aliphatic rings. The van der Waals surface area contributed by atoms with Gasteiger partial charge >= 0.3 is 5.97 Å². The Morgan fingerprint density at radius 3 is 2.36 bits per heavy atom. The topological polar surface area (TPSA) is 29.5 Å². The fourth-order valence-corrected chi connectivity index (χ4v) is 3.06. The summed E-state index contributed by atoms with van der Waals surface area (Å²) in [7, 11) is 1.44. The van der Waals surface area contributed by atoms with Gasteiger partial charge in [-0.05, 0) is 36.8 Å². The number of hydrogen-bond donors (Lipinski definition) is 0. The minimum absolute atomic E-state index is 0.00702. The molecule has 2 aromatic carbocycles. The van der Waals surface area contributed by atoms with Crippen molar-refractivity contribution in [3.8, 4) is 0 Å². The van der Waals surface area contributed by atoms with E-state index in [-0.39, 0.29) is 17.9 Å². The number of methoxy groups -OCH3 is 1. The van der Waals surface area contributed by atoms with Gasteiger partial charge in [0.2, 0.25) is 0 Å². The van der Waals surface area contributed by atoms with Crippen LogP contribution in [0, 0.1) is 12.8 Å². The Hall–Kier alpha value is -2.00. The van der Waals surface area contributed by atoms with Crippen molar-refractivity contribution in [2.24, 2.45) is 5.92 Å². The molecule has 22 heavy (non-hydrogen) atoms. The minimum atomic E-state index is -0.164. The third kappa shape index (κ3) is 2.69. The second-order valence-corrected chi connectivity index (χ2v) is 6.05. The number of halogens is 1. The highest BCUT2D eigenvalue weighted by Crippen LogP contribution is 2.43. The van der Waals surface area contributed by atoms with Gasteiger partial charge in [0, 0.05) is 17.3 Å². The van der Waals surface area contributed by atoms with Crippen LogP contribution >= 0.6 is 11.6 Å². The van der Waals surface area contributed by atoms with Crippen molar-refractivity contribution in [3.63, 3.8) is 0 Å². The molecule has 1 saturated heterocycles. The number of carbonyl (C=O) groups excluding carboxylic acids is 1. The van der Waals surface area contributed by atoms with E-state index < -0.39 is 0 Å². The summed E-state index contributed by atoms with van der Waals surface area (Å²) in [5, 5.41) is 0.694. The highest BCUT2D eigenvalue weighted by atomic mass is 35.5. The first kappa shape index (κ1) is 14.9. The average molecular weight is 316 g/mol. The number of benzene rings is 2. The Labute approximate surface area is 135 Å². The molecular formula is C18H18ClNO2. The first-order valence-electron chi connectivity index (χ1n) is 7.27. The lowest BCUT2D eigenvalue weighted by atomic mass is 9.82. The van der Waals surface area contributed by atoms with Crippen molar-refractivity contribution in [2.45, 2.75) is 13.0 Å². The van der Waals surface area contributed by atoms with Crippen molar-refractivity contribution >= 4 is 23.3 Å². The maximum atomic E-state index is 12.0. The van der Waals surface area contributed by atoms with Gasteiger partial charge in [0.05, 0.1) is 19.1 Å². The predicted molar refractivity (Wildman–Crippen MR) is 88.2 cm³/mol. The zero-order valence-electron chi connectivity index (χ0n) is 12.6. The fourth-order valence-electron chi connectivity index (χ4n) is 2.93. The van der Waals surface area contributed by atoms with Gasteiger partial charge in [-0.2, -0.15) is 0 Å². The van der Waals surface area contributed by atoms with E-state index in [2.05, 4.69) is 36.1 Å². The third-order valence-corrected chi connectivity index (χ3v) is 4.44. The second-order valence-electron chi connectivity index (χ2n) is 5.61. The lowest BCUT2D eigenvalue weighted by Crippen LogP contribution is -2.53. The molecule has 0 spiro atoms. The molecule has 114 valence electrons. The van der Waals surface area contributed by atoms with E-state index in [1.807, 2.05) is 24.3 Å². The molecule has 3 rings (SSSR count). The second kappa shape index (κ2) is 6.01. The number of nitrogens with zero attached hydrogens (tertiary/aromatic N) is 1. The Kier molecular flexibility index (Phi) is 4.08. The van der Waals surface area contributed by atoms with Crippen LogP contribution in [0.25, 0.3) is 0 Å². The maximum absolute atomic E-state index is 12.0. The SMILES string of the molecule is COC(=O)[C@@H]1CN(c2ccc(C)cc2)[C@H]1c1ccc(Cl)cc1. The zero-order chi connectivity index (χ0) is 15.7. The Balaban J connectivity index is 1.92. The summed E-state index contributed by atoms with van der Waals surface area (Å²) in [4.78, 5) is 14.2. The Morgan fingerprint density at radius 1 is 1.14 bits per heavy atom. The van der Waals surface area contributed by atoms with Crippen LogP contribution in [0.2, 0.25) is 5.02 Å². The van der Waals surface area contributed by atoms with Gasteiger partial charge in [0.1, 0.15) is 0 Å². The van der Waals surface area contributed by atoms with E-state index in [1.54, 1.807) is 0 Å². The quantitative estimate of drug-likeness (QED) is 0.802. The van der Waals surface area contributed by atoms with Crippen LogP contribution in [0.3, 0.4) is 0 Å². The molecule has 0 N–H and O–H groups in total. The number of rotatable bonds is 3. The van der Waals surface area contributed by atoms with Crippen molar-refractivity contribution in [2.75, 3.05) is 18.6 Å². The number of ether oxygens (including phenoxy) is 1. The summed E-state index contributed by atoms with van der Waals surface area (Å²) < 4.78 is 4.94. The summed E-state index contributed by atoms with van der Waals surface area (Å²) in [6, 6.07) is 16.0. The van der Waals surface area contributed by atoms with Crippen LogP contribution in [0.5, 0.6) is 0 Å². The van der Waals surface area contributed by atoms with Crippen LogP contribution in [0.1, 0.15) is 17.2 Å². The summed E-state index contributed by atoms with van der Waals surface area (Å²) in [6.07, 6.45) is 0. The highest BCUT2D eigenvalue weighted by Gasteiger charge is 2.45. The smallest absolute Gasteiger partial charge is 0.312 e. The monoisotopic (exact) mass is 315 g/mol. The van der Waals surface area contributed by atoms with Gasteiger partial charge in [-0.1, -0.05) is 41.4 Å². The zero-order valence-corrected chi connectivity index (χ0v) is 13.4. The Bertz CT molecular complexity index is 666. The molecule has 0 unspecified atom stereocenters. The van der Waals surface area contributed by atoms with Crippen LogP contribution in [0.15, 0.2) is 48.5 Å². The van der Waals surface area contributed by atoms with Crippen LogP contribution in [0.4, 0.5) is 5.69 Å². The third-order valence-electron chi connectivity index (χ3n) is 4.19. The van der Waals surface area contributed by atoms with Crippen LogP contribution in [-0.2, 0) is 9.53 Å². The number of aryl methyl sites for hydroxylation is 1. The molecule has 3 nitrogen and oxygen atoms in total. The highest BCUT2D eigenvalue weighted by molar-refractivity contribution is 6.30. The van der Waals surface area contributed by atoms with E-state index in [0.29, 0.717) is 11.6 Å². The van der Waals surface area contributed by atoms with Gasteiger partial charge in [-0.15, -0.1) is 0 Å². The molecule has 2 aromatic rings. The largest absolute Gasteiger partial charge is 0.469 e. The van der Waals surface area contributed by atoms with E-state index in [9.17, 15) is 4.79 Å². The molecule has 0 aliphatic carbocycles. The molecule has 0 saturated carbocycles. The molecule has 0 bridgehead atoms. The number of carbonyl (C=O) groups is 1. The minimum Gasteiger partial charge on any atom is -0.469 e. The lowest BCUT2D eigenvalue weighted by molar-refractivity contribution is -0.148. The number of anilines is 1. The van der Waals surface area contributed by atoms with Crippen molar-refractivity contribution in [3.05, 3.63) is 64.7 Å². The van der Waals surface area contributed by atoms with Gasteiger partial charge in [-0.3, -0.25) is 4.79 Å². The molecule has 0 amide bonds. The maximum Gasteiger partial charge on any atom is 0.312 e. The molecule has 2 atom stereocenters. The van der Waals surface area contributed by atoms with Gasteiger partial charge in [-0.25, -0.2) is 0 Å². The summed E-state index contributed by atoms with van der Waals surface area (Å²) in [5.41, 5.74) is 3.41. The van der Waals surface area contributed by atoms with Gasteiger partial charge in [0.25, 0.3) is 0 Å². The van der Waals surface area contributed by atoms with Crippen molar-refractivity contribution < 1.29 is 9.53 Å². The van der Waals surface area contributed by atoms with E-state index in [0.717, 1.165) is 11.3 Å². The average Bonchev–Trinajstić information content (AvgIpc) is 2.50. The molecule has 0 aromatic heterocycles. The summed E-state index contributed by atoms with van der Waals surface area (Å²) >= 11 is 5.97. The van der Waals surface area contributed by atoms with Crippen LogP contribution < -0.4 is 4.90 Å². The van der Waals surface area contributed by atoms with Gasteiger partial charge < -0.3 is 9.64 Å². The van der Waals surface area contributed by atoms with E-state index >= 15 is 0 Å². The first-order chi connectivity index (χ1) is 10.6. The molecule has 1 heterocycles. The van der Waals surface area contributed by atoms with Crippen molar-refractivity contribution in [1.82, 2.24) is 0 Å². The summed E-state index contributed by atoms with van der Waals surface area (Å²) in [6.45, 7) is 2.73. The van der Waals surface area contributed by atoms with Crippen LogP contribution in [-0.4, -0.2) is 19.6 Å². The summed E-state index contributed by atoms with van der Waals surface area (Å²) in [5.74, 6) is -0.309. The standard InChI is InChI=1S/C18H18ClNO2/c1-12-3-9-15(10-4-12)20-11-16(18(21)22-2)17(20)13-5-7-14(19)8-6-13/h3-10,16-17H,11H2,1-2H3/t16-,17+/m1/s1. The molecule has 0 radical (unpaired) electrons. The van der Waals surface area contributed by atoms with Gasteiger partial charge in [0.15, 0.2) is 0 Å². The number of esters is 1. The van der Waals surface area contributed by atoms with E-state index in [4.69, 9.17) is 16.3 Å². The normalized spacial score (nSPS) is 20.4. The van der Waals surface area contributed by atoms with E-state index in [1.165, 1.54) is 12.7 Å².